The highest BCUT2D eigenvalue weighted by atomic mass is 32.1. The van der Waals surface area contributed by atoms with Crippen LogP contribution in [0.2, 0.25) is 0 Å². The maximum Gasteiger partial charge on any atom is 0.0771 e. The highest BCUT2D eigenvalue weighted by Gasteiger charge is 2.53. The Labute approximate surface area is 177 Å². The normalized spacial score (nSPS) is 37.9. The quantitative estimate of drug-likeness (QED) is 0.489. The molecule has 2 saturated carbocycles. The smallest absolute Gasteiger partial charge is 0.0771 e. The Kier molecular flexibility index (Phi) is 4.15. The lowest BCUT2D eigenvalue weighted by atomic mass is 10.0. The van der Waals surface area contributed by atoms with Gasteiger partial charge in [0.1, 0.15) is 0 Å². The van der Waals surface area contributed by atoms with Gasteiger partial charge in [-0.2, -0.15) is 0 Å². The summed E-state index contributed by atoms with van der Waals surface area (Å²) in [7, 11) is 0. The van der Waals surface area contributed by atoms with Crippen molar-refractivity contribution in [2.45, 2.75) is 17.0 Å². The summed E-state index contributed by atoms with van der Waals surface area (Å²) in [6.45, 7) is 8.77. The molecule has 150 valence electrons. The fraction of sp³-hybridized carbons (Fsp3) is 0.435. The third kappa shape index (κ3) is 3.23. The molecule has 29 heavy (non-hydrogen) atoms. The molecule has 0 spiro atoms. The lowest BCUT2D eigenvalue weighted by molar-refractivity contribution is 0.619. The molecular weight excluding hydrogens is 378 g/mol. The van der Waals surface area contributed by atoms with E-state index >= 15 is 0 Å². The Morgan fingerprint density at radius 1 is 0.931 bits per heavy atom. The Morgan fingerprint density at radius 2 is 1.59 bits per heavy atom. The van der Waals surface area contributed by atoms with E-state index in [1.165, 1.54) is 0 Å². The van der Waals surface area contributed by atoms with Crippen LogP contribution in [0.3, 0.4) is 0 Å². The van der Waals surface area contributed by atoms with Gasteiger partial charge in [-0.25, -0.2) is 4.99 Å². The minimum Gasteiger partial charge on any atom is -0.382 e. The number of allylic oxidation sites excluding steroid dienone is 4. The van der Waals surface area contributed by atoms with Gasteiger partial charge in [-0.3, -0.25) is 0 Å². The molecule has 6 heteroatoms. The molecule has 4 N–H and O–H groups in total. The number of aliphatic imine (C=N–C) groups is 1. The Balaban J connectivity index is 1.11. The SMILES string of the molecule is C=C1C=C(NC2C3CNCC32)C=CC1=Nc1ccc(NC2C3CNCC32)cc1S. The molecule has 0 bridgehead atoms. The van der Waals surface area contributed by atoms with Crippen LogP contribution in [0.5, 0.6) is 0 Å². The molecule has 5 nitrogen and oxygen atoms in total. The van der Waals surface area contributed by atoms with Crippen molar-refractivity contribution in [3.8, 4) is 0 Å². The van der Waals surface area contributed by atoms with Crippen LogP contribution in [-0.2, 0) is 0 Å². The number of thiol groups is 1. The molecule has 0 radical (unpaired) electrons. The van der Waals surface area contributed by atoms with Crippen LogP contribution in [0, 0.1) is 23.7 Å². The molecule has 0 aromatic heterocycles. The van der Waals surface area contributed by atoms with Crippen molar-refractivity contribution in [1.29, 1.82) is 0 Å². The molecule has 3 aliphatic carbocycles. The van der Waals surface area contributed by atoms with E-state index in [4.69, 9.17) is 4.99 Å². The summed E-state index contributed by atoms with van der Waals surface area (Å²) in [6, 6.07) is 7.47. The van der Waals surface area contributed by atoms with Gasteiger partial charge >= 0.3 is 0 Å². The number of nitrogens with one attached hydrogen (secondary N) is 4. The Hall–Kier alpha value is -2.02. The van der Waals surface area contributed by atoms with Gasteiger partial charge in [0, 0.05) is 54.5 Å². The lowest BCUT2D eigenvalue weighted by Gasteiger charge is -2.15. The standard InChI is InChI=1S/C23H27N5S/c1-12-6-13(26-22-15-8-24-9-16(15)22)2-4-19(12)28-20-5-3-14(7-21(20)29)27-23-17-10-25-11-18(17)23/h2-7,15-18,22-27,29H,1,8-11H2. The summed E-state index contributed by atoms with van der Waals surface area (Å²) >= 11 is 4.68. The average molecular weight is 406 g/mol. The van der Waals surface area contributed by atoms with Gasteiger partial charge in [0.05, 0.1) is 11.4 Å². The third-order valence-corrected chi connectivity index (χ3v) is 7.50. The van der Waals surface area contributed by atoms with Crippen molar-refractivity contribution in [1.82, 2.24) is 16.0 Å². The molecule has 5 aliphatic rings. The molecular formula is C23H27N5S. The summed E-state index contributed by atoms with van der Waals surface area (Å²) in [5, 5.41) is 14.2. The largest absolute Gasteiger partial charge is 0.382 e. The van der Waals surface area contributed by atoms with E-state index in [1.54, 1.807) is 0 Å². The van der Waals surface area contributed by atoms with Crippen molar-refractivity contribution in [3.63, 3.8) is 0 Å². The molecule has 1 aromatic carbocycles. The molecule has 4 fully saturated rings. The van der Waals surface area contributed by atoms with Crippen LogP contribution in [-0.4, -0.2) is 44.0 Å². The third-order valence-electron chi connectivity index (χ3n) is 7.15. The number of nitrogens with zero attached hydrogens (tertiary/aromatic N) is 1. The lowest BCUT2D eigenvalue weighted by Crippen LogP contribution is -2.27. The highest BCUT2D eigenvalue weighted by Crippen LogP contribution is 2.44. The predicted octanol–water partition coefficient (Wildman–Crippen LogP) is 2.49. The van der Waals surface area contributed by atoms with Crippen LogP contribution in [0.15, 0.2) is 64.2 Å². The van der Waals surface area contributed by atoms with Crippen molar-refractivity contribution in [2.24, 2.45) is 28.7 Å². The number of hydrogen-bond donors (Lipinski definition) is 5. The van der Waals surface area contributed by atoms with Crippen molar-refractivity contribution in [2.75, 3.05) is 31.5 Å². The van der Waals surface area contributed by atoms with E-state index in [1.807, 2.05) is 6.07 Å². The maximum absolute atomic E-state index is 4.81. The monoisotopic (exact) mass is 405 g/mol. The molecule has 2 heterocycles. The fourth-order valence-corrected chi connectivity index (χ4v) is 5.54. The van der Waals surface area contributed by atoms with Crippen LogP contribution in [0.4, 0.5) is 11.4 Å². The van der Waals surface area contributed by atoms with Crippen LogP contribution >= 0.6 is 12.6 Å². The van der Waals surface area contributed by atoms with Crippen molar-refractivity contribution in [3.05, 3.63) is 54.3 Å². The summed E-state index contributed by atoms with van der Waals surface area (Å²) in [4.78, 5) is 5.70. The van der Waals surface area contributed by atoms with E-state index in [0.29, 0.717) is 12.1 Å². The zero-order chi connectivity index (χ0) is 19.5. The number of rotatable bonds is 5. The van der Waals surface area contributed by atoms with Gasteiger partial charge in [0.15, 0.2) is 0 Å². The molecule has 4 unspecified atom stereocenters. The predicted molar refractivity (Wildman–Crippen MR) is 121 cm³/mol. The van der Waals surface area contributed by atoms with Crippen molar-refractivity contribution < 1.29 is 0 Å². The van der Waals surface area contributed by atoms with E-state index in [0.717, 1.165) is 83.1 Å². The van der Waals surface area contributed by atoms with Gasteiger partial charge < -0.3 is 21.3 Å². The fourth-order valence-electron chi connectivity index (χ4n) is 5.27. The minimum absolute atomic E-state index is 0.611. The zero-order valence-electron chi connectivity index (χ0n) is 16.4. The van der Waals surface area contributed by atoms with Crippen molar-refractivity contribution >= 4 is 29.7 Å². The number of fused-ring (bicyclic) bond motifs is 2. The second-order valence-corrected chi connectivity index (χ2v) is 9.45. The van der Waals surface area contributed by atoms with Crippen LogP contribution in [0.25, 0.3) is 0 Å². The van der Waals surface area contributed by atoms with Gasteiger partial charge in [0.2, 0.25) is 0 Å². The summed E-state index contributed by atoms with van der Waals surface area (Å²) in [6.07, 6.45) is 6.27. The van der Waals surface area contributed by atoms with Gasteiger partial charge in [-0.1, -0.05) is 6.58 Å². The number of hydrogen-bond acceptors (Lipinski definition) is 6. The van der Waals surface area contributed by atoms with Gasteiger partial charge in [-0.15, -0.1) is 12.6 Å². The minimum atomic E-state index is 0.611. The number of piperidine rings is 2. The topological polar surface area (TPSA) is 60.5 Å². The maximum atomic E-state index is 4.81. The molecule has 6 rings (SSSR count). The van der Waals surface area contributed by atoms with Crippen LogP contribution < -0.4 is 21.3 Å². The van der Waals surface area contributed by atoms with E-state index in [-0.39, 0.29) is 0 Å². The second-order valence-electron chi connectivity index (χ2n) is 8.97. The first-order valence-electron chi connectivity index (χ1n) is 10.6. The Morgan fingerprint density at radius 3 is 2.21 bits per heavy atom. The molecule has 2 aliphatic heterocycles. The van der Waals surface area contributed by atoms with Gasteiger partial charge in [0.25, 0.3) is 0 Å². The van der Waals surface area contributed by atoms with Gasteiger partial charge in [-0.05, 0) is 65.7 Å². The first-order chi connectivity index (χ1) is 14.2. The average Bonchev–Trinajstić information content (AvgIpc) is 3.32. The molecule has 1 aromatic rings. The Bertz CT molecular complexity index is 944. The van der Waals surface area contributed by atoms with E-state index in [2.05, 4.69) is 70.8 Å². The first-order valence-corrected chi connectivity index (χ1v) is 11.1. The molecule has 0 amide bonds. The second kappa shape index (κ2) is 6.76. The summed E-state index contributed by atoms with van der Waals surface area (Å²) in [5.41, 5.74) is 4.99. The number of anilines is 1. The van der Waals surface area contributed by atoms with E-state index < -0.39 is 0 Å². The summed E-state index contributed by atoms with van der Waals surface area (Å²) < 4.78 is 0. The molecule has 2 saturated heterocycles. The highest BCUT2D eigenvalue weighted by molar-refractivity contribution is 7.80. The summed E-state index contributed by atoms with van der Waals surface area (Å²) in [5.74, 6) is 3.15. The molecule has 4 atom stereocenters. The van der Waals surface area contributed by atoms with E-state index in [9.17, 15) is 0 Å². The zero-order valence-corrected chi connectivity index (χ0v) is 17.3. The van der Waals surface area contributed by atoms with Crippen LogP contribution in [0.1, 0.15) is 0 Å². The first kappa shape index (κ1) is 17.8. The number of benzene rings is 1.